The Hall–Kier alpha value is -7.36. The molecule has 0 atom stereocenters. The number of aromatic nitrogens is 2. The zero-order chi connectivity index (χ0) is 36.6. The Morgan fingerprint density at radius 1 is 0.309 bits per heavy atom. The summed E-state index contributed by atoms with van der Waals surface area (Å²) < 4.78 is 0. The van der Waals surface area contributed by atoms with Crippen molar-refractivity contribution >= 4 is 49.5 Å². The minimum Gasteiger partial charge on any atom is -0.311 e. The van der Waals surface area contributed by atoms with Crippen molar-refractivity contribution in [3.8, 4) is 44.9 Å². The van der Waals surface area contributed by atoms with Gasteiger partial charge in [-0.3, -0.25) is 0 Å². The Bertz CT molecular complexity index is 2850. The van der Waals surface area contributed by atoms with Crippen molar-refractivity contribution in [1.29, 1.82) is 0 Å². The summed E-state index contributed by atoms with van der Waals surface area (Å²) in [5.41, 5.74) is 12.6. The van der Waals surface area contributed by atoms with E-state index in [0.717, 1.165) is 78.3 Å². The Balaban J connectivity index is 1.21. The molecule has 0 aliphatic rings. The first-order valence-corrected chi connectivity index (χ1v) is 18.7. The van der Waals surface area contributed by atoms with Crippen molar-refractivity contribution in [3.05, 3.63) is 212 Å². The van der Waals surface area contributed by atoms with Crippen LogP contribution in [0.1, 0.15) is 0 Å². The summed E-state index contributed by atoms with van der Waals surface area (Å²) in [6.07, 6.45) is 0. The fourth-order valence-electron chi connectivity index (χ4n) is 7.84. The third kappa shape index (κ3) is 5.98. The summed E-state index contributed by atoms with van der Waals surface area (Å²) in [7, 11) is 0. The summed E-state index contributed by atoms with van der Waals surface area (Å²) in [6.45, 7) is 0. The highest BCUT2D eigenvalue weighted by molar-refractivity contribution is 6.25. The normalized spacial score (nSPS) is 11.3. The van der Waals surface area contributed by atoms with Crippen LogP contribution in [0, 0.1) is 0 Å². The van der Waals surface area contributed by atoms with E-state index in [4.69, 9.17) is 9.97 Å². The number of hydrogen-bond acceptors (Lipinski definition) is 3. The molecule has 0 aliphatic heterocycles. The van der Waals surface area contributed by atoms with E-state index in [9.17, 15) is 0 Å². The summed E-state index contributed by atoms with van der Waals surface area (Å²) in [5.74, 6) is 0. The maximum Gasteiger partial charge on any atom is 0.0788 e. The second-order valence-corrected chi connectivity index (χ2v) is 13.8. The molecule has 0 bridgehead atoms. The van der Waals surface area contributed by atoms with Crippen LogP contribution in [0.25, 0.3) is 77.3 Å². The third-order valence-electron chi connectivity index (χ3n) is 10.4. The van der Waals surface area contributed by atoms with Gasteiger partial charge in [0.1, 0.15) is 0 Å². The standard InChI is InChI=1S/C52H35N3/c1-5-17-36(18-6-1)49-33-39(34-50(53-49)37-19-7-2-8-20-37)46-35-47-51(44-26-14-13-25-43(44)46)45-27-15-16-28-48(45)54-52(47)38-29-31-42(32-30-38)55(40-21-9-3-10-22-40)41-23-11-4-12-24-41/h1-35H. The van der Waals surface area contributed by atoms with E-state index in [1.807, 2.05) is 0 Å². The van der Waals surface area contributed by atoms with Crippen LogP contribution in [-0.4, -0.2) is 9.97 Å². The summed E-state index contributed by atoms with van der Waals surface area (Å²) >= 11 is 0. The average Bonchev–Trinajstić information content (AvgIpc) is 3.27. The molecule has 0 aliphatic carbocycles. The molecule has 10 aromatic rings. The number of pyridine rings is 2. The number of para-hydroxylation sites is 3. The van der Waals surface area contributed by atoms with Crippen LogP contribution in [0.15, 0.2) is 212 Å². The van der Waals surface area contributed by atoms with Gasteiger partial charge in [0.2, 0.25) is 0 Å². The van der Waals surface area contributed by atoms with Gasteiger partial charge in [0.25, 0.3) is 0 Å². The van der Waals surface area contributed by atoms with Crippen LogP contribution >= 0.6 is 0 Å². The minimum atomic E-state index is 0.940. The maximum absolute atomic E-state index is 5.41. The first kappa shape index (κ1) is 32.3. The molecular weight excluding hydrogens is 667 g/mol. The maximum atomic E-state index is 5.41. The molecule has 10 rings (SSSR count). The second kappa shape index (κ2) is 13.9. The minimum absolute atomic E-state index is 0.940. The highest BCUT2D eigenvalue weighted by atomic mass is 15.1. The van der Waals surface area contributed by atoms with Gasteiger partial charge in [-0.25, -0.2) is 9.97 Å². The predicted molar refractivity (Wildman–Crippen MR) is 231 cm³/mol. The van der Waals surface area contributed by atoms with Gasteiger partial charge < -0.3 is 4.90 Å². The van der Waals surface area contributed by atoms with Crippen LogP contribution in [0.2, 0.25) is 0 Å². The summed E-state index contributed by atoms with van der Waals surface area (Å²) in [6, 6.07) is 75.0. The Kier molecular flexibility index (Phi) is 8.16. The number of hydrogen-bond donors (Lipinski definition) is 0. The molecule has 0 unspecified atom stereocenters. The fraction of sp³-hybridized carbons (Fsp3) is 0. The third-order valence-corrected chi connectivity index (χ3v) is 10.4. The first-order chi connectivity index (χ1) is 27.3. The van der Waals surface area contributed by atoms with Gasteiger partial charge in [-0.2, -0.15) is 0 Å². The second-order valence-electron chi connectivity index (χ2n) is 13.8. The van der Waals surface area contributed by atoms with E-state index in [2.05, 4.69) is 217 Å². The van der Waals surface area contributed by atoms with Gasteiger partial charge in [-0.15, -0.1) is 0 Å². The van der Waals surface area contributed by atoms with Crippen molar-refractivity contribution in [2.75, 3.05) is 4.90 Å². The molecule has 3 nitrogen and oxygen atoms in total. The predicted octanol–water partition coefficient (Wildman–Crippen LogP) is 14.1. The first-order valence-electron chi connectivity index (χ1n) is 18.7. The van der Waals surface area contributed by atoms with Gasteiger partial charge in [0.05, 0.1) is 22.6 Å². The van der Waals surface area contributed by atoms with E-state index >= 15 is 0 Å². The molecule has 55 heavy (non-hydrogen) atoms. The molecular formula is C52H35N3. The number of fused-ring (bicyclic) bond motifs is 5. The zero-order valence-electron chi connectivity index (χ0n) is 30.0. The van der Waals surface area contributed by atoms with Gasteiger partial charge in [0.15, 0.2) is 0 Å². The van der Waals surface area contributed by atoms with Gasteiger partial charge in [-0.1, -0.05) is 152 Å². The summed E-state index contributed by atoms with van der Waals surface area (Å²) in [5, 5.41) is 5.86. The Labute approximate surface area is 320 Å². The van der Waals surface area contributed by atoms with Crippen molar-refractivity contribution in [1.82, 2.24) is 9.97 Å². The van der Waals surface area contributed by atoms with Crippen molar-refractivity contribution in [2.45, 2.75) is 0 Å². The Morgan fingerprint density at radius 3 is 1.36 bits per heavy atom. The molecule has 8 aromatic carbocycles. The molecule has 2 aromatic heterocycles. The smallest absolute Gasteiger partial charge is 0.0788 e. The lowest BCUT2D eigenvalue weighted by atomic mass is 9.89. The molecule has 0 saturated carbocycles. The molecule has 258 valence electrons. The highest BCUT2D eigenvalue weighted by Crippen LogP contribution is 2.43. The lowest BCUT2D eigenvalue weighted by molar-refractivity contribution is 1.28. The van der Waals surface area contributed by atoms with E-state index in [0.29, 0.717) is 0 Å². The van der Waals surface area contributed by atoms with Crippen LogP contribution in [0.3, 0.4) is 0 Å². The van der Waals surface area contributed by atoms with Crippen LogP contribution in [-0.2, 0) is 0 Å². The molecule has 0 N–H and O–H groups in total. The average molecular weight is 702 g/mol. The lowest BCUT2D eigenvalue weighted by Gasteiger charge is -2.25. The quantitative estimate of drug-likeness (QED) is 0.155. The Morgan fingerprint density at radius 2 is 0.782 bits per heavy atom. The van der Waals surface area contributed by atoms with E-state index in [1.165, 1.54) is 16.2 Å². The van der Waals surface area contributed by atoms with Crippen LogP contribution < -0.4 is 4.90 Å². The molecule has 3 heteroatoms. The number of benzene rings is 8. The number of anilines is 3. The number of rotatable bonds is 7. The van der Waals surface area contributed by atoms with E-state index in [1.54, 1.807) is 0 Å². The molecule has 0 fully saturated rings. The van der Waals surface area contributed by atoms with Crippen LogP contribution in [0.4, 0.5) is 17.1 Å². The topological polar surface area (TPSA) is 29.0 Å². The number of nitrogens with zero attached hydrogens (tertiary/aromatic N) is 3. The molecule has 2 heterocycles. The summed E-state index contributed by atoms with van der Waals surface area (Å²) in [4.78, 5) is 12.9. The van der Waals surface area contributed by atoms with Crippen molar-refractivity contribution < 1.29 is 0 Å². The molecule has 0 saturated heterocycles. The fourth-order valence-corrected chi connectivity index (χ4v) is 7.84. The molecule has 0 amide bonds. The monoisotopic (exact) mass is 701 g/mol. The highest BCUT2D eigenvalue weighted by Gasteiger charge is 2.19. The van der Waals surface area contributed by atoms with Crippen LogP contribution in [0.5, 0.6) is 0 Å². The lowest BCUT2D eigenvalue weighted by Crippen LogP contribution is -2.09. The SMILES string of the molecule is c1ccc(-c2cc(-c3cc4c(-c5ccc(N(c6ccccc6)c6ccccc6)cc5)nc5ccccc5c4c4ccccc34)cc(-c3ccccc3)n2)cc1. The molecule has 0 radical (unpaired) electrons. The van der Waals surface area contributed by atoms with Gasteiger partial charge >= 0.3 is 0 Å². The van der Waals surface area contributed by atoms with Gasteiger partial charge in [0, 0.05) is 49.9 Å². The largest absolute Gasteiger partial charge is 0.311 e. The van der Waals surface area contributed by atoms with Crippen molar-refractivity contribution in [3.63, 3.8) is 0 Å². The van der Waals surface area contributed by atoms with Gasteiger partial charge in [-0.05, 0) is 82.6 Å². The van der Waals surface area contributed by atoms with E-state index < -0.39 is 0 Å². The molecule has 0 spiro atoms. The zero-order valence-corrected chi connectivity index (χ0v) is 30.0. The van der Waals surface area contributed by atoms with E-state index in [-0.39, 0.29) is 0 Å². The van der Waals surface area contributed by atoms with Crippen molar-refractivity contribution in [2.24, 2.45) is 0 Å².